The zero-order chi connectivity index (χ0) is 22.6. The summed E-state index contributed by atoms with van der Waals surface area (Å²) in [5.74, 6) is 0.820. The van der Waals surface area contributed by atoms with Crippen molar-refractivity contribution in [2.45, 2.75) is 51.5 Å². The predicted octanol–water partition coefficient (Wildman–Crippen LogP) is 5.54. The Morgan fingerprint density at radius 1 is 1.12 bits per heavy atom. The van der Waals surface area contributed by atoms with Crippen molar-refractivity contribution < 1.29 is 4.42 Å². The zero-order valence-corrected chi connectivity index (χ0v) is 19.1. The van der Waals surface area contributed by atoms with E-state index >= 15 is 0 Å². The van der Waals surface area contributed by atoms with Gasteiger partial charge in [-0.15, -0.1) is 0 Å². The Labute approximate surface area is 190 Å². The number of benzene rings is 1. The van der Waals surface area contributed by atoms with Crippen LogP contribution in [-0.2, 0) is 5.41 Å². The number of hydrogen-bond donors (Lipinski definition) is 1. The maximum atomic E-state index is 9.58. The van der Waals surface area contributed by atoms with Crippen LogP contribution in [0.2, 0.25) is 0 Å². The average molecular weight is 430 g/mol. The molecule has 0 spiro atoms. The van der Waals surface area contributed by atoms with Crippen molar-refractivity contribution >= 4 is 5.88 Å². The normalized spacial score (nSPS) is 15.8. The van der Waals surface area contributed by atoms with E-state index in [9.17, 15) is 5.26 Å². The SMILES string of the molecule is CC(C)(C)c1ccc(C(CNc2oc(-c3cccnc3)nc2C#N)N2CCCCC2)cc1. The first-order valence-corrected chi connectivity index (χ1v) is 11.4. The number of likely N-dealkylation sites (tertiary alicyclic amines) is 1. The second kappa shape index (κ2) is 9.54. The fourth-order valence-electron chi connectivity index (χ4n) is 4.21. The quantitative estimate of drug-likeness (QED) is 0.554. The molecule has 2 aromatic heterocycles. The minimum Gasteiger partial charge on any atom is -0.419 e. The molecule has 3 heterocycles. The summed E-state index contributed by atoms with van der Waals surface area (Å²) >= 11 is 0. The first-order valence-electron chi connectivity index (χ1n) is 11.4. The van der Waals surface area contributed by atoms with Gasteiger partial charge >= 0.3 is 0 Å². The second-order valence-electron chi connectivity index (χ2n) is 9.42. The maximum absolute atomic E-state index is 9.58. The van der Waals surface area contributed by atoms with Gasteiger partial charge in [-0.25, -0.2) is 0 Å². The predicted molar refractivity (Wildman–Crippen MR) is 126 cm³/mol. The fraction of sp³-hybridized carbons (Fsp3) is 0.423. The number of rotatable bonds is 6. The van der Waals surface area contributed by atoms with Crippen LogP contribution in [0.4, 0.5) is 5.88 Å². The van der Waals surface area contributed by atoms with E-state index in [-0.39, 0.29) is 17.2 Å². The Morgan fingerprint density at radius 2 is 1.88 bits per heavy atom. The number of nitrogens with one attached hydrogen (secondary N) is 1. The molecule has 6 heteroatoms. The first kappa shape index (κ1) is 22.0. The highest BCUT2D eigenvalue weighted by molar-refractivity contribution is 5.57. The van der Waals surface area contributed by atoms with E-state index in [4.69, 9.17) is 4.42 Å². The standard InChI is InChI=1S/C26H31N5O/c1-26(2,3)21-11-9-19(10-12-21)23(31-14-5-4-6-15-31)18-29-25-22(16-27)30-24(32-25)20-8-7-13-28-17-20/h7-13,17,23,29H,4-6,14-15,18H2,1-3H3. The molecule has 6 nitrogen and oxygen atoms in total. The Bertz CT molecular complexity index is 1050. The highest BCUT2D eigenvalue weighted by atomic mass is 16.4. The summed E-state index contributed by atoms with van der Waals surface area (Å²) in [5, 5.41) is 13.0. The number of nitriles is 1. The minimum atomic E-state index is 0.127. The number of piperidine rings is 1. The van der Waals surface area contributed by atoms with Gasteiger partial charge in [0.25, 0.3) is 0 Å². The van der Waals surface area contributed by atoms with Gasteiger partial charge in [0.2, 0.25) is 17.5 Å². The van der Waals surface area contributed by atoms with Crippen molar-refractivity contribution in [3.63, 3.8) is 0 Å². The molecule has 1 N–H and O–H groups in total. The third kappa shape index (κ3) is 5.00. The van der Waals surface area contributed by atoms with Gasteiger partial charge in [0.15, 0.2) is 0 Å². The summed E-state index contributed by atoms with van der Waals surface area (Å²) < 4.78 is 5.93. The van der Waals surface area contributed by atoms with Crippen molar-refractivity contribution in [3.8, 4) is 17.5 Å². The summed E-state index contributed by atoms with van der Waals surface area (Å²) in [6.07, 6.45) is 7.10. The van der Waals surface area contributed by atoms with Crippen LogP contribution in [0.15, 0.2) is 53.2 Å². The van der Waals surface area contributed by atoms with Crippen LogP contribution >= 0.6 is 0 Å². The lowest BCUT2D eigenvalue weighted by Gasteiger charge is -2.35. The van der Waals surface area contributed by atoms with Gasteiger partial charge in [0.1, 0.15) is 6.07 Å². The minimum absolute atomic E-state index is 0.127. The lowest BCUT2D eigenvalue weighted by Crippen LogP contribution is -2.37. The molecule has 1 fully saturated rings. The number of nitrogens with zero attached hydrogens (tertiary/aromatic N) is 4. The van der Waals surface area contributed by atoms with Crippen LogP contribution in [0.1, 0.15) is 62.9 Å². The van der Waals surface area contributed by atoms with E-state index in [1.54, 1.807) is 12.4 Å². The molecule has 1 aliphatic rings. The Balaban J connectivity index is 1.57. The van der Waals surface area contributed by atoms with Gasteiger partial charge in [-0.3, -0.25) is 9.88 Å². The van der Waals surface area contributed by atoms with Gasteiger partial charge in [0, 0.05) is 18.9 Å². The number of hydrogen-bond acceptors (Lipinski definition) is 6. The molecule has 1 saturated heterocycles. The summed E-state index contributed by atoms with van der Waals surface area (Å²) in [6, 6.07) is 15.0. The third-order valence-electron chi connectivity index (χ3n) is 6.09. The molecule has 0 amide bonds. The van der Waals surface area contributed by atoms with Crippen molar-refractivity contribution in [2.75, 3.05) is 25.0 Å². The van der Waals surface area contributed by atoms with Gasteiger partial charge < -0.3 is 9.73 Å². The van der Waals surface area contributed by atoms with E-state index in [1.807, 2.05) is 12.1 Å². The van der Waals surface area contributed by atoms with Crippen LogP contribution < -0.4 is 5.32 Å². The molecule has 1 aliphatic heterocycles. The molecule has 0 bridgehead atoms. The summed E-state index contributed by atoms with van der Waals surface area (Å²) in [6.45, 7) is 9.51. The van der Waals surface area contributed by atoms with Crippen molar-refractivity contribution in [2.24, 2.45) is 0 Å². The van der Waals surface area contributed by atoms with E-state index < -0.39 is 0 Å². The smallest absolute Gasteiger partial charge is 0.232 e. The molecule has 166 valence electrons. The van der Waals surface area contributed by atoms with Gasteiger partial charge in [-0.1, -0.05) is 51.5 Å². The van der Waals surface area contributed by atoms with Crippen molar-refractivity contribution in [1.29, 1.82) is 5.26 Å². The second-order valence-corrected chi connectivity index (χ2v) is 9.42. The van der Waals surface area contributed by atoms with Crippen LogP contribution in [0.25, 0.3) is 11.5 Å². The average Bonchev–Trinajstić information content (AvgIpc) is 3.24. The van der Waals surface area contributed by atoms with Gasteiger partial charge in [-0.05, 0) is 54.6 Å². The maximum Gasteiger partial charge on any atom is 0.232 e. The van der Waals surface area contributed by atoms with E-state index in [2.05, 4.69) is 71.3 Å². The number of aromatic nitrogens is 2. The van der Waals surface area contributed by atoms with Gasteiger partial charge in [-0.2, -0.15) is 10.2 Å². The molecule has 0 saturated carbocycles. The van der Waals surface area contributed by atoms with Crippen LogP contribution in [0.3, 0.4) is 0 Å². The number of pyridine rings is 1. The number of anilines is 1. The molecule has 1 unspecified atom stereocenters. The molecule has 32 heavy (non-hydrogen) atoms. The van der Waals surface area contributed by atoms with Crippen LogP contribution in [-0.4, -0.2) is 34.5 Å². The van der Waals surface area contributed by atoms with Crippen molar-refractivity contribution in [3.05, 3.63) is 65.6 Å². The molecule has 0 radical (unpaired) electrons. The topological polar surface area (TPSA) is 78.0 Å². The highest BCUT2D eigenvalue weighted by Crippen LogP contribution is 2.30. The molecular formula is C26H31N5O. The lowest BCUT2D eigenvalue weighted by atomic mass is 9.86. The van der Waals surface area contributed by atoms with Gasteiger partial charge in [0.05, 0.1) is 11.6 Å². The first-order chi connectivity index (χ1) is 15.5. The molecule has 0 aliphatic carbocycles. The van der Waals surface area contributed by atoms with E-state index in [0.717, 1.165) is 18.7 Å². The third-order valence-corrected chi connectivity index (χ3v) is 6.09. The molecular weight excluding hydrogens is 398 g/mol. The molecule has 4 rings (SSSR count). The summed E-state index contributed by atoms with van der Waals surface area (Å²) in [4.78, 5) is 11.0. The van der Waals surface area contributed by atoms with Crippen molar-refractivity contribution in [1.82, 2.24) is 14.9 Å². The Morgan fingerprint density at radius 3 is 2.50 bits per heavy atom. The zero-order valence-electron chi connectivity index (χ0n) is 19.1. The Kier molecular flexibility index (Phi) is 6.57. The summed E-state index contributed by atoms with van der Waals surface area (Å²) in [7, 11) is 0. The van der Waals surface area contributed by atoms with E-state index in [0.29, 0.717) is 18.3 Å². The van der Waals surface area contributed by atoms with E-state index in [1.165, 1.54) is 30.4 Å². The summed E-state index contributed by atoms with van der Waals surface area (Å²) in [5.41, 5.74) is 3.75. The molecule has 3 aromatic rings. The fourth-order valence-corrected chi connectivity index (χ4v) is 4.21. The highest BCUT2D eigenvalue weighted by Gasteiger charge is 2.24. The van der Waals surface area contributed by atoms with Crippen LogP contribution in [0.5, 0.6) is 0 Å². The molecule has 1 aromatic carbocycles. The Hall–Kier alpha value is -3.17. The largest absolute Gasteiger partial charge is 0.419 e. The monoisotopic (exact) mass is 429 g/mol. The van der Waals surface area contributed by atoms with Crippen LogP contribution in [0, 0.1) is 11.3 Å². The lowest BCUT2D eigenvalue weighted by molar-refractivity contribution is 0.170. The molecule has 1 atom stereocenters. The number of oxazole rings is 1.